The van der Waals surface area contributed by atoms with E-state index in [0.29, 0.717) is 0 Å². The number of halogens is 3. The van der Waals surface area contributed by atoms with Gasteiger partial charge in [-0.2, -0.15) is 13.2 Å². The first-order valence-corrected chi connectivity index (χ1v) is 12.8. The van der Waals surface area contributed by atoms with E-state index in [1.807, 2.05) is 0 Å². The van der Waals surface area contributed by atoms with E-state index in [-0.39, 0.29) is 22.8 Å². The van der Waals surface area contributed by atoms with Gasteiger partial charge in [0.2, 0.25) is 10.0 Å². The highest BCUT2D eigenvalue weighted by Gasteiger charge is 2.28. The monoisotopic (exact) mass is 516 g/mol. The SMILES string of the molecule is NS(=O)(=O)c1ccccc1S(=O)(=O)NC(=O)c1ccc(C#CC2CC2)c(OCCC(F)(F)F)c1. The van der Waals surface area contributed by atoms with Gasteiger partial charge in [0.05, 0.1) is 18.6 Å². The highest BCUT2D eigenvalue weighted by molar-refractivity contribution is 7.92. The van der Waals surface area contributed by atoms with Crippen LogP contribution in [0, 0.1) is 17.8 Å². The van der Waals surface area contributed by atoms with Crippen molar-refractivity contribution in [2.45, 2.75) is 35.2 Å². The van der Waals surface area contributed by atoms with Gasteiger partial charge in [0.15, 0.2) is 0 Å². The van der Waals surface area contributed by atoms with E-state index in [4.69, 9.17) is 9.88 Å². The lowest BCUT2D eigenvalue weighted by Gasteiger charge is -2.13. The van der Waals surface area contributed by atoms with Crippen molar-refractivity contribution >= 4 is 26.0 Å². The highest BCUT2D eigenvalue weighted by atomic mass is 32.2. The predicted octanol–water partition coefficient (Wildman–Crippen LogP) is 2.55. The smallest absolute Gasteiger partial charge is 0.392 e. The van der Waals surface area contributed by atoms with Crippen LogP contribution in [0.25, 0.3) is 0 Å². The molecule has 0 spiro atoms. The molecule has 0 atom stereocenters. The van der Waals surface area contributed by atoms with Crippen LogP contribution < -0.4 is 14.6 Å². The fraction of sp³-hybridized carbons (Fsp3) is 0.286. The van der Waals surface area contributed by atoms with Gasteiger partial charge in [0.1, 0.15) is 15.5 Å². The topological polar surface area (TPSA) is 133 Å². The quantitative estimate of drug-likeness (QED) is 0.544. The van der Waals surface area contributed by atoms with E-state index >= 15 is 0 Å². The number of primary sulfonamides is 1. The van der Waals surface area contributed by atoms with Crippen molar-refractivity contribution in [1.82, 2.24) is 4.72 Å². The number of benzene rings is 2. The molecule has 1 amide bonds. The Morgan fingerprint density at radius 3 is 2.32 bits per heavy atom. The molecule has 1 saturated carbocycles. The standard InChI is InChI=1S/C21H19F3N2O6S2/c22-21(23,24)11-12-32-17-13-16(10-9-15(17)8-7-14-5-6-14)20(27)26-34(30,31)19-4-2-1-3-18(19)33(25,28)29/h1-4,9-10,13-14H,5-6,11-12H2,(H,26,27)(H2,25,28,29). The molecule has 0 heterocycles. The maximum Gasteiger partial charge on any atom is 0.392 e. The first-order chi connectivity index (χ1) is 15.8. The van der Waals surface area contributed by atoms with Crippen LogP contribution in [0.15, 0.2) is 52.3 Å². The Morgan fingerprint density at radius 2 is 1.74 bits per heavy atom. The highest BCUT2D eigenvalue weighted by Crippen LogP contribution is 2.29. The molecule has 0 unspecified atom stereocenters. The minimum absolute atomic E-state index is 0.118. The molecule has 1 fully saturated rings. The molecule has 34 heavy (non-hydrogen) atoms. The molecule has 0 aliphatic heterocycles. The zero-order valence-electron chi connectivity index (χ0n) is 17.4. The predicted molar refractivity (Wildman–Crippen MR) is 115 cm³/mol. The van der Waals surface area contributed by atoms with E-state index in [0.717, 1.165) is 31.0 Å². The molecule has 1 aliphatic carbocycles. The molecular formula is C21H19F3N2O6S2. The first kappa shape index (κ1) is 25.5. The number of sulfonamides is 2. The second-order valence-corrected chi connectivity index (χ2v) is 10.6. The molecule has 2 aromatic rings. The van der Waals surface area contributed by atoms with E-state index in [1.165, 1.54) is 24.3 Å². The van der Waals surface area contributed by atoms with Gasteiger partial charge >= 0.3 is 6.18 Å². The Hall–Kier alpha value is -3.08. The Kier molecular flexibility index (Phi) is 7.25. The van der Waals surface area contributed by atoms with Crippen molar-refractivity contribution in [3.05, 3.63) is 53.6 Å². The third-order valence-electron chi connectivity index (χ3n) is 4.55. The summed E-state index contributed by atoms with van der Waals surface area (Å²) in [5.41, 5.74) is -0.0105. The van der Waals surface area contributed by atoms with Crippen molar-refractivity contribution in [2.24, 2.45) is 11.1 Å². The number of carbonyl (C=O) groups excluding carboxylic acids is 1. The zero-order valence-corrected chi connectivity index (χ0v) is 19.1. The van der Waals surface area contributed by atoms with Crippen LogP contribution in [0.5, 0.6) is 5.75 Å². The summed E-state index contributed by atoms with van der Waals surface area (Å²) in [6.45, 7) is -0.729. The molecule has 0 aromatic heterocycles. The Labute approximate surface area is 194 Å². The lowest BCUT2D eigenvalue weighted by Crippen LogP contribution is -2.32. The molecule has 3 rings (SSSR count). The number of hydrogen-bond donors (Lipinski definition) is 2. The van der Waals surface area contributed by atoms with Crippen molar-refractivity contribution in [2.75, 3.05) is 6.61 Å². The third-order valence-corrected chi connectivity index (χ3v) is 7.03. The Morgan fingerprint density at radius 1 is 1.09 bits per heavy atom. The fourth-order valence-corrected chi connectivity index (χ4v) is 5.07. The zero-order chi connectivity index (χ0) is 25.1. The summed E-state index contributed by atoms with van der Waals surface area (Å²) >= 11 is 0. The average molecular weight is 517 g/mol. The van der Waals surface area contributed by atoms with Crippen molar-refractivity contribution in [3.8, 4) is 17.6 Å². The number of alkyl halides is 3. The summed E-state index contributed by atoms with van der Waals surface area (Å²) in [5.74, 6) is 4.64. The second kappa shape index (κ2) is 9.65. The van der Waals surface area contributed by atoms with Gasteiger partial charge in [-0.15, -0.1) is 0 Å². The summed E-state index contributed by atoms with van der Waals surface area (Å²) < 4.78 is 93.2. The summed E-state index contributed by atoms with van der Waals surface area (Å²) in [5, 5.41) is 5.05. The summed E-state index contributed by atoms with van der Waals surface area (Å²) in [6, 6.07) is 8.05. The number of ether oxygens (including phenoxy) is 1. The van der Waals surface area contributed by atoms with Crippen molar-refractivity contribution < 1.29 is 39.5 Å². The maximum absolute atomic E-state index is 12.7. The van der Waals surface area contributed by atoms with Crippen LogP contribution in [-0.4, -0.2) is 35.5 Å². The van der Waals surface area contributed by atoms with Gasteiger partial charge in [-0.25, -0.2) is 26.7 Å². The lowest BCUT2D eigenvalue weighted by molar-refractivity contribution is -0.139. The normalized spacial score (nSPS) is 14.1. The Bertz CT molecular complexity index is 1370. The van der Waals surface area contributed by atoms with Crippen LogP contribution in [-0.2, 0) is 20.0 Å². The van der Waals surface area contributed by atoms with Gasteiger partial charge in [-0.1, -0.05) is 24.0 Å². The third kappa shape index (κ3) is 6.96. The molecule has 2 aromatic carbocycles. The van der Waals surface area contributed by atoms with Crippen LogP contribution in [0.1, 0.15) is 35.2 Å². The number of nitrogens with one attached hydrogen (secondary N) is 1. The number of nitrogens with two attached hydrogens (primary N) is 1. The molecule has 3 N–H and O–H groups in total. The number of rotatable bonds is 7. The van der Waals surface area contributed by atoms with Crippen LogP contribution >= 0.6 is 0 Å². The van der Waals surface area contributed by atoms with Gasteiger partial charge in [0.25, 0.3) is 15.9 Å². The summed E-state index contributed by atoms with van der Waals surface area (Å²) in [4.78, 5) is 11.2. The van der Waals surface area contributed by atoms with Crippen LogP contribution in [0.4, 0.5) is 13.2 Å². The molecule has 0 radical (unpaired) electrons. The van der Waals surface area contributed by atoms with Gasteiger partial charge in [0, 0.05) is 11.5 Å². The van der Waals surface area contributed by atoms with Gasteiger partial charge < -0.3 is 4.74 Å². The lowest BCUT2D eigenvalue weighted by atomic mass is 10.1. The molecule has 0 bridgehead atoms. The van der Waals surface area contributed by atoms with Crippen LogP contribution in [0.2, 0.25) is 0 Å². The minimum Gasteiger partial charge on any atom is -0.492 e. The molecule has 8 nitrogen and oxygen atoms in total. The number of amides is 1. The molecule has 13 heteroatoms. The van der Waals surface area contributed by atoms with Gasteiger partial charge in [-0.05, 0) is 43.2 Å². The fourth-order valence-electron chi connectivity index (χ4n) is 2.71. The van der Waals surface area contributed by atoms with Crippen molar-refractivity contribution in [3.63, 3.8) is 0 Å². The van der Waals surface area contributed by atoms with E-state index < -0.39 is 54.9 Å². The maximum atomic E-state index is 12.7. The Balaban J connectivity index is 1.88. The second-order valence-electron chi connectivity index (χ2n) is 7.39. The largest absolute Gasteiger partial charge is 0.492 e. The molecule has 0 saturated heterocycles. The molecular weight excluding hydrogens is 497 g/mol. The average Bonchev–Trinajstić information content (AvgIpc) is 3.55. The van der Waals surface area contributed by atoms with E-state index in [9.17, 15) is 34.8 Å². The molecule has 1 aliphatic rings. The minimum atomic E-state index is -4.67. The van der Waals surface area contributed by atoms with E-state index in [2.05, 4.69) is 11.8 Å². The number of hydrogen-bond acceptors (Lipinski definition) is 6. The van der Waals surface area contributed by atoms with Crippen LogP contribution in [0.3, 0.4) is 0 Å². The van der Waals surface area contributed by atoms with Gasteiger partial charge in [-0.3, -0.25) is 4.79 Å². The summed E-state index contributed by atoms with van der Waals surface area (Å²) in [7, 11) is -9.09. The summed E-state index contributed by atoms with van der Waals surface area (Å²) in [6.07, 6.45) is -3.87. The van der Waals surface area contributed by atoms with E-state index in [1.54, 1.807) is 4.72 Å². The van der Waals surface area contributed by atoms with Crippen molar-refractivity contribution in [1.29, 1.82) is 0 Å². The molecule has 182 valence electrons. The first-order valence-electron chi connectivity index (χ1n) is 9.80. The number of carbonyl (C=O) groups is 1.